The quantitative estimate of drug-likeness (QED) is 0.187. The number of benzene rings is 7. The van der Waals surface area contributed by atoms with Crippen molar-refractivity contribution < 1.29 is 4.42 Å². The van der Waals surface area contributed by atoms with E-state index in [0.29, 0.717) is 5.71 Å². The molecule has 3 nitrogen and oxygen atoms in total. The zero-order valence-corrected chi connectivity index (χ0v) is 26.1. The summed E-state index contributed by atoms with van der Waals surface area (Å²) in [5.41, 5.74) is 11.6. The van der Waals surface area contributed by atoms with Crippen LogP contribution in [0.2, 0.25) is 0 Å². The molecule has 0 fully saturated rings. The molecule has 0 aliphatic rings. The third-order valence-corrected chi connectivity index (χ3v) is 9.14. The van der Waals surface area contributed by atoms with Crippen LogP contribution in [0.5, 0.6) is 0 Å². The third-order valence-electron chi connectivity index (χ3n) is 9.14. The molecule has 9 aromatic rings. The Labute approximate surface area is 279 Å². The number of furan rings is 1. The molecule has 0 amide bonds. The molecule has 0 spiro atoms. The van der Waals surface area contributed by atoms with Crippen LogP contribution in [0.15, 0.2) is 187 Å². The number of hydrogen-bond donors (Lipinski definition) is 0. The standard InChI is InChI=1S/C45H30N2O/c1-3-11-31(12-4-1)32-19-21-33(22-20-32)34-23-26-37(27-24-34)47(42-18-10-9-16-39(42)35-13-5-2-6-14-35)38-29-41-44-40-17-8-7-15-36(40)25-28-43(44)48-45(41)46-30-38/h1-30H. The lowest BCUT2D eigenvalue weighted by Crippen LogP contribution is -2.11. The second-order valence-corrected chi connectivity index (χ2v) is 12.0. The molecular formula is C45H30N2O. The predicted octanol–water partition coefficient (Wildman–Crippen LogP) is 12.6. The first-order chi connectivity index (χ1) is 23.8. The fourth-order valence-electron chi connectivity index (χ4n) is 6.79. The fraction of sp³-hybridized carbons (Fsp3) is 0. The van der Waals surface area contributed by atoms with Gasteiger partial charge in [-0.15, -0.1) is 0 Å². The van der Waals surface area contributed by atoms with Crippen molar-refractivity contribution in [1.82, 2.24) is 4.98 Å². The number of aromatic nitrogens is 1. The van der Waals surface area contributed by atoms with Crippen LogP contribution in [-0.2, 0) is 0 Å². The molecule has 3 heteroatoms. The molecule has 0 saturated heterocycles. The Morgan fingerprint density at radius 3 is 1.75 bits per heavy atom. The zero-order chi connectivity index (χ0) is 31.9. The first-order valence-corrected chi connectivity index (χ1v) is 16.2. The van der Waals surface area contributed by atoms with Crippen molar-refractivity contribution in [2.24, 2.45) is 0 Å². The van der Waals surface area contributed by atoms with Gasteiger partial charge < -0.3 is 9.32 Å². The second-order valence-electron chi connectivity index (χ2n) is 12.0. The number of rotatable bonds is 6. The molecule has 2 heterocycles. The molecule has 0 N–H and O–H groups in total. The number of hydrogen-bond acceptors (Lipinski definition) is 3. The highest BCUT2D eigenvalue weighted by atomic mass is 16.3. The Morgan fingerprint density at radius 2 is 1.02 bits per heavy atom. The van der Waals surface area contributed by atoms with Crippen molar-refractivity contribution in [1.29, 1.82) is 0 Å². The predicted molar refractivity (Wildman–Crippen MR) is 200 cm³/mol. The SMILES string of the molecule is c1ccc(-c2ccc(-c3ccc(N(c4cnc5oc6ccc7ccccc7c6c5c4)c4ccccc4-c4ccccc4)cc3)cc2)cc1. The van der Waals surface area contributed by atoms with Gasteiger partial charge in [0.15, 0.2) is 0 Å². The van der Waals surface area contributed by atoms with Crippen molar-refractivity contribution in [3.8, 4) is 33.4 Å². The van der Waals surface area contributed by atoms with E-state index in [1.807, 2.05) is 12.3 Å². The summed E-state index contributed by atoms with van der Waals surface area (Å²) in [4.78, 5) is 7.20. The lowest BCUT2D eigenvalue weighted by molar-refractivity contribution is 0.654. The van der Waals surface area contributed by atoms with Gasteiger partial charge in [-0.25, -0.2) is 4.98 Å². The van der Waals surface area contributed by atoms with Crippen LogP contribution in [0.1, 0.15) is 0 Å². The molecule has 2 aromatic heterocycles. The van der Waals surface area contributed by atoms with E-state index < -0.39 is 0 Å². The van der Waals surface area contributed by atoms with Gasteiger partial charge in [0, 0.05) is 16.6 Å². The van der Waals surface area contributed by atoms with Crippen LogP contribution in [0.25, 0.3) is 66.2 Å². The number of pyridine rings is 1. The van der Waals surface area contributed by atoms with Crippen molar-refractivity contribution >= 4 is 49.9 Å². The highest BCUT2D eigenvalue weighted by Crippen LogP contribution is 2.43. The second kappa shape index (κ2) is 11.7. The van der Waals surface area contributed by atoms with Gasteiger partial charge in [0.2, 0.25) is 5.71 Å². The van der Waals surface area contributed by atoms with E-state index in [-0.39, 0.29) is 0 Å². The minimum absolute atomic E-state index is 0.635. The lowest BCUT2D eigenvalue weighted by Gasteiger charge is -2.27. The van der Waals surface area contributed by atoms with E-state index in [1.54, 1.807) is 0 Å². The average molecular weight is 615 g/mol. The Morgan fingerprint density at radius 1 is 0.438 bits per heavy atom. The molecule has 0 aliphatic heterocycles. The monoisotopic (exact) mass is 614 g/mol. The Hall–Kier alpha value is -6.45. The van der Waals surface area contributed by atoms with Gasteiger partial charge in [0.05, 0.1) is 23.0 Å². The molecule has 0 unspecified atom stereocenters. The van der Waals surface area contributed by atoms with Crippen molar-refractivity contribution in [2.75, 3.05) is 4.90 Å². The highest BCUT2D eigenvalue weighted by molar-refractivity contribution is 6.18. The summed E-state index contributed by atoms with van der Waals surface area (Å²) >= 11 is 0. The lowest BCUT2D eigenvalue weighted by atomic mass is 9.99. The molecule has 226 valence electrons. The van der Waals surface area contributed by atoms with E-state index in [9.17, 15) is 0 Å². The van der Waals surface area contributed by atoms with E-state index >= 15 is 0 Å². The molecule has 7 aromatic carbocycles. The Kier molecular flexibility index (Phi) is 6.80. The zero-order valence-electron chi connectivity index (χ0n) is 26.1. The van der Waals surface area contributed by atoms with Gasteiger partial charge in [0.25, 0.3) is 0 Å². The largest absolute Gasteiger partial charge is 0.438 e. The first kappa shape index (κ1) is 27.8. The van der Waals surface area contributed by atoms with Crippen LogP contribution in [0.4, 0.5) is 17.1 Å². The summed E-state index contributed by atoms with van der Waals surface area (Å²) < 4.78 is 6.27. The maximum Gasteiger partial charge on any atom is 0.227 e. The summed E-state index contributed by atoms with van der Waals surface area (Å²) in [5.74, 6) is 0. The summed E-state index contributed by atoms with van der Waals surface area (Å²) in [7, 11) is 0. The summed E-state index contributed by atoms with van der Waals surface area (Å²) in [5, 5.41) is 4.42. The van der Waals surface area contributed by atoms with Crippen LogP contribution in [0.3, 0.4) is 0 Å². The minimum Gasteiger partial charge on any atom is -0.438 e. The number of nitrogens with zero attached hydrogens (tertiary/aromatic N) is 2. The summed E-state index contributed by atoms with van der Waals surface area (Å²) in [6.07, 6.45) is 1.92. The molecule has 0 saturated carbocycles. The topological polar surface area (TPSA) is 29.3 Å². The highest BCUT2D eigenvalue weighted by Gasteiger charge is 2.20. The van der Waals surface area contributed by atoms with Crippen LogP contribution < -0.4 is 4.90 Å². The molecule has 0 atom stereocenters. The van der Waals surface area contributed by atoms with Gasteiger partial charge >= 0.3 is 0 Å². The number of fused-ring (bicyclic) bond motifs is 5. The smallest absolute Gasteiger partial charge is 0.227 e. The van der Waals surface area contributed by atoms with Crippen LogP contribution >= 0.6 is 0 Å². The summed E-state index contributed by atoms with van der Waals surface area (Å²) in [6.45, 7) is 0. The van der Waals surface area contributed by atoms with E-state index in [1.165, 1.54) is 22.1 Å². The van der Waals surface area contributed by atoms with Crippen LogP contribution in [-0.4, -0.2) is 4.98 Å². The maximum absolute atomic E-state index is 6.27. The van der Waals surface area contributed by atoms with Gasteiger partial charge in [-0.2, -0.15) is 0 Å². The average Bonchev–Trinajstić information content (AvgIpc) is 3.55. The molecule has 9 rings (SSSR count). The number of anilines is 3. The molecule has 0 aliphatic carbocycles. The first-order valence-electron chi connectivity index (χ1n) is 16.2. The third kappa shape index (κ3) is 4.90. The van der Waals surface area contributed by atoms with E-state index in [0.717, 1.165) is 55.5 Å². The maximum atomic E-state index is 6.27. The van der Waals surface area contributed by atoms with Crippen molar-refractivity contribution in [3.63, 3.8) is 0 Å². The van der Waals surface area contributed by atoms with E-state index in [4.69, 9.17) is 9.40 Å². The Bertz CT molecular complexity index is 2540. The molecule has 0 bridgehead atoms. The Balaban J connectivity index is 1.19. The van der Waals surface area contributed by atoms with Gasteiger partial charge in [0.1, 0.15) is 5.58 Å². The van der Waals surface area contributed by atoms with E-state index in [2.05, 4.69) is 175 Å². The van der Waals surface area contributed by atoms with Gasteiger partial charge in [-0.1, -0.05) is 146 Å². The van der Waals surface area contributed by atoms with Gasteiger partial charge in [-0.05, 0) is 68.9 Å². The molecular weight excluding hydrogens is 585 g/mol. The molecule has 48 heavy (non-hydrogen) atoms. The number of para-hydroxylation sites is 1. The van der Waals surface area contributed by atoms with Gasteiger partial charge in [-0.3, -0.25) is 0 Å². The van der Waals surface area contributed by atoms with Crippen LogP contribution in [0, 0.1) is 0 Å². The summed E-state index contributed by atoms with van der Waals surface area (Å²) in [6, 6.07) is 62.1. The molecule has 0 radical (unpaired) electrons. The normalized spacial score (nSPS) is 11.3. The minimum atomic E-state index is 0.635. The fourth-order valence-corrected chi connectivity index (χ4v) is 6.79. The van der Waals surface area contributed by atoms with Crippen molar-refractivity contribution in [3.05, 3.63) is 182 Å². The van der Waals surface area contributed by atoms with Crippen molar-refractivity contribution in [2.45, 2.75) is 0 Å².